The average Bonchev–Trinajstić information content (AvgIpc) is 3.24. The van der Waals surface area contributed by atoms with Crippen molar-refractivity contribution in [3.8, 4) is 5.75 Å². The highest BCUT2D eigenvalue weighted by Gasteiger charge is 2.23. The number of hydrogen-bond acceptors (Lipinski definition) is 4. The van der Waals surface area contributed by atoms with Crippen molar-refractivity contribution in [1.29, 1.82) is 0 Å². The van der Waals surface area contributed by atoms with Gasteiger partial charge in [0.25, 0.3) is 5.91 Å². The first kappa shape index (κ1) is 23.1. The number of ether oxygens (including phenoxy) is 1. The number of hydrogen-bond donors (Lipinski definition) is 0. The lowest BCUT2D eigenvalue weighted by molar-refractivity contribution is 0.0633. The molecule has 0 radical (unpaired) electrons. The van der Waals surface area contributed by atoms with Gasteiger partial charge in [-0.25, -0.2) is 4.39 Å². The number of carbonyl (C=O) groups is 1. The highest BCUT2D eigenvalue weighted by Crippen LogP contribution is 2.25. The van der Waals surface area contributed by atoms with E-state index in [1.807, 2.05) is 35.4 Å². The Bertz CT molecular complexity index is 1110. The van der Waals surface area contributed by atoms with Gasteiger partial charge in [0.15, 0.2) is 0 Å². The first-order valence-corrected chi connectivity index (χ1v) is 11.9. The maximum atomic E-state index is 13.2. The van der Waals surface area contributed by atoms with Crippen LogP contribution in [0.2, 0.25) is 10.0 Å². The average molecular weight is 493 g/mol. The minimum absolute atomic E-state index is 0.0448. The second-order valence-electron chi connectivity index (χ2n) is 7.82. The van der Waals surface area contributed by atoms with Gasteiger partial charge in [-0.05, 0) is 59.8 Å². The van der Waals surface area contributed by atoms with Crippen molar-refractivity contribution in [3.05, 3.63) is 85.3 Å². The molecule has 3 aromatic rings. The molecule has 32 heavy (non-hydrogen) atoms. The minimum Gasteiger partial charge on any atom is -0.489 e. The van der Waals surface area contributed by atoms with Crippen LogP contribution in [0.25, 0.3) is 0 Å². The molecule has 168 valence electrons. The molecule has 4 rings (SSSR count). The molecule has 1 amide bonds. The smallest absolute Gasteiger partial charge is 0.264 e. The molecule has 0 saturated carbocycles. The fraction of sp³-hybridized carbons (Fsp3) is 0.292. The third kappa shape index (κ3) is 5.62. The van der Waals surface area contributed by atoms with Crippen LogP contribution >= 0.6 is 34.5 Å². The summed E-state index contributed by atoms with van der Waals surface area (Å²) in [7, 11) is 0. The number of halogens is 3. The molecule has 0 atom stereocenters. The van der Waals surface area contributed by atoms with E-state index in [1.165, 1.54) is 23.5 Å². The normalized spacial score (nSPS) is 14.6. The van der Waals surface area contributed by atoms with E-state index >= 15 is 0 Å². The zero-order valence-corrected chi connectivity index (χ0v) is 19.9. The third-order valence-electron chi connectivity index (χ3n) is 5.46. The number of aryl methyl sites for hydroxylation is 1. The molecular weight excluding hydrogens is 470 g/mol. The molecule has 1 aliphatic rings. The first-order valence-electron chi connectivity index (χ1n) is 10.3. The van der Waals surface area contributed by atoms with Gasteiger partial charge in [0.05, 0.1) is 4.88 Å². The van der Waals surface area contributed by atoms with E-state index in [0.717, 1.165) is 35.5 Å². The van der Waals surface area contributed by atoms with Crippen molar-refractivity contribution in [2.24, 2.45) is 0 Å². The summed E-state index contributed by atoms with van der Waals surface area (Å²) in [6.07, 6.45) is 0. The van der Waals surface area contributed by atoms with Gasteiger partial charge in [-0.3, -0.25) is 9.69 Å². The molecule has 8 heteroatoms. The number of piperazine rings is 1. The molecule has 2 aromatic carbocycles. The van der Waals surface area contributed by atoms with Gasteiger partial charge in [-0.2, -0.15) is 0 Å². The van der Waals surface area contributed by atoms with Gasteiger partial charge in [0, 0.05) is 48.3 Å². The van der Waals surface area contributed by atoms with Crippen LogP contribution in [0.15, 0.2) is 47.8 Å². The number of carbonyl (C=O) groups excluding carboxylic acids is 1. The van der Waals surface area contributed by atoms with E-state index in [9.17, 15) is 9.18 Å². The Kier molecular flexibility index (Phi) is 7.36. The number of amides is 1. The second-order valence-corrected chi connectivity index (χ2v) is 9.58. The quantitative estimate of drug-likeness (QED) is 0.420. The fourth-order valence-corrected chi connectivity index (χ4v) is 4.97. The Morgan fingerprint density at radius 2 is 1.88 bits per heavy atom. The monoisotopic (exact) mass is 492 g/mol. The largest absolute Gasteiger partial charge is 0.489 e. The van der Waals surface area contributed by atoms with Crippen LogP contribution in [-0.2, 0) is 13.2 Å². The zero-order chi connectivity index (χ0) is 22.7. The molecule has 0 spiro atoms. The molecule has 0 unspecified atom stereocenters. The Morgan fingerprint density at radius 1 is 1.09 bits per heavy atom. The van der Waals surface area contributed by atoms with Gasteiger partial charge in [0.2, 0.25) is 0 Å². The summed E-state index contributed by atoms with van der Waals surface area (Å²) in [5.41, 5.74) is 2.84. The third-order valence-corrected chi connectivity index (χ3v) is 7.02. The number of rotatable bonds is 6. The molecule has 1 fully saturated rings. The van der Waals surface area contributed by atoms with E-state index in [1.54, 1.807) is 12.1 Å². The first-order chi connectivity index (χ1) is 15.4. The summed E-state index contributed by atoms with van der Waals surface area (Å²) < 4.78 is 19.1. The summed E-state index contributed by atoms with van der Waals surface area (Å²) in [6.45, 7) is 5.78. The number of nitrogens with zero attached hydrogens (tertiary/aromatic N) is 2. The fourth-order valence-electron chi connectivity index (χ4n) is 3.66. The SMILES string of the molecule is Cc1cc(Cl)ccc1OCc1csc(C(=O)N2CCN(Cc3ccc(F)cc3Cl)CC2)c1. The molecule has 4 nitrogen and oxygen atoms in total. The van der Waals surface area contributed by atoms with Crippen LogP contribution in [-0.4, -0.2) is 41.9 Å². The number of benzene rings is 2. The van der Waals surface area contributed by atoms with Crippen molar-refractivity contribution >= 4 is 40.4 Å². The van der Waals surface area contributed by atoms with Crippen molar-refractivity contribution < 1.29 is 13.9 Å². The Morgan fingerprint density at radius 3 is 2.59 bits per heavy atom. The van der Waals surface area contributed by atoms with Crippen LogP contribution in [0.3, 0.4) is 0 Å². The van der Waals surface area contributed by atoms with Crippen LogP contribution in [0.5, 0.6) is 5.75 Å². The van der Waals surface area contributed by atoms with Gasteiger partial charge in [-0.15, -0.1) is 11.3 Å². The summed E-state index contributed by atoms with van der Waals surface area (Å²) in [6, 6.07) is 11.9. The standard InChI is InChI=1S/C24H23Cl2FN2O2S/c1-16-10-19(25)3-5-22(16)31-14-17-11-23(32-15-17)24(30)29-8-6-28(7-9-29)13-18-2-4-20(27)12-21(18)26/h2-5,10-12,15H,6-9,13-14H2,1H3. The van der Waals surface area contributed by atoms with Crippen molar-refractivity contribution in [2.75, 3.05) is 26.2 Å². The lowest BCUT2D eigenvalue weighted by Gasteiger charge is -2.34. The van der Waals surface area contributed by atoms with Crippen LogP contribution in [0, 0.1) is 12.7 Å². The second kappa shape index (κ2) is 10.2. The minimum atomic E-state index is -0.335. The van der Waals surface area contributed by atoms with E-state index in [0.29, 0.717) is 41.2 Å². The molecule has 0 N–H and O–H groups in total. The van der Waals surface area contributed by atoms with Gasteiger partial charge < -0.3 is 9.64 Å². The van der Waals surface area contributed by atoms with Gasteiger partial charge in [0.1, 0.15) is 18.2 Å². The summed E-state index contributed by atoms with van der Waals surface area (Å²) in [5, 5.41) is 3.08. The highest BCUT2D eigenvalue weighted by atomic mass is 35.5. The van der Waals surface area contributed by atoms with E-state index in [2.05, 4.69) is 4.90 Å². The summed E-state index contributed by atoms with van der Waals surface area (Å²) in [5.74, 6) is 0.493. The zero-order valence-electron chi connectivity index (χ0n) is 17.6. The molecule has 2 heterocycles. The molecule has 0 aliphatic carbocycles. The molecule has 1 saturated heterocycles. The van der Waals surface area contributed by atoms with Crippen LogP contribution in [0.1, 0.15) is 26.4 Å². The van der Waals surface area contributed by atoms with Crippen molar-refractivity contribution in [3.63, 3.8) is 0 Å². The van der Waals surface area contributed by atoms with Gasteiger partial charge >= 0.3 is 0 Å². The lowest BCUT2D eigenvalue weighted by Crippen LogP contribution is -2.48. The molecule has 1 aliphatic heterocycles. The summed E-state index contributed by atoms with van der Waals surface area (Å²) in [4.78, 5) is 17.8. The predicted molar refractivity (Wildman–Crippen MR) is 127 cm³/mol. The molecular formula is C24H23Cl2FN2O2S. The maximum Gasteiger partial charge on any atom is 0.264 e. The van der Waals surface area contributed by atoms with E-state index in [-0.39, 0.29) is 11.7 Å². The van der Waals surface area contributed by atoms with E-state index in [4.69, 9.17) is 27.9 Å². The summed E-state index contributed by atoms with van der Waals surface area (Å²) >= 11 is 13.6. The van der Waals surface area contributed by atoms with Crippen molar-refractivity contribution in [1.82, 2.24) is 9.80 Å². The number of thiophene rings is 1. The predicted octanol–water partition coefficient (Wildman–Crippen LogP) is 6.04. The van der Waals surface area contributed by atoms with Crippen molar-refractivity contribution in [2.45, 2.75) is 20.1 Å². The van der Waals surface area contributed by atoms with E-state index < -0.39 is 0 Å². The maximum absolute atomic E-state index is 13.2. The van der Waals surface area contributed by atoms with Crippen LogP contribution < -0.4 is 4.74 Å². The molecule has 1 aromatic heterocycles. The van der Waals surface area contributed by atoms with Gasteiger partial charge in [-0.1, -0.05) is 29.3 Å². The lowest BCUT2D eigenvalue weighted by atomic mass is 10.2. The highest BCUT2D eigenvalue weighted by molar-refractivity contribution is 7.12. The topological polar surface area (TPSA) is 32.8 Å². The van der Waals surface area contributed by atoms with Crippen LogP contribution in [0.4, 0.5) is 4.39 Å². The Labute approximate surface area is 201 Å². The molecule has 0 bridgehead atoms. The Hall–Kier alpha value is -2.12. The Balaban J connectivity index is 1.29.